The highest BCUT2D eigenvalue weighted by molar-refractivity contribution is 9.10. The molecule has 0 unspecified atom stereocenters. The number of fused-ring (bicyclic) bond motifs is 2. The Kier molecular flexibility index (Phi) is 4.98. The zero-order valence-electron chi connectivity index (χ0n) is 14.8. The van der Waals surface area contributed by atoms with E-state index in [9.17, 15) is 4.79 Å². The van der Waals surface area contributed by atoms with Crippen molar-refractivity contribution < 1.29 is 23.7 Å². The van der Waals surface area contributed by atoms with Crippen molar-refractivity contribution >= 4 is 27.6 Å². The molecule has 27 heavy (non-hydrogen) atoms. The third-order valence-electron chi connectivity index (χ3n) is 4.35. The summed E-state index contributed by atoms with van der Waals surface area (Å²) in [5.41, 5.74) is 1.60. The molecule has 2 heterocycles. The maximum absolute atomic E-state index is 12.8. The zero-order chi connectivity index (χ0) is 18.8. The first-order chi connectivity index (χ1) is 13.1. The number of carbonyl (C=O) groups excluding carboxylic acids is 1. The van der Waals surface area contributed by atoms with Crippen LogP contribution in [0.1, 0.15) is 12.5 Å². The Morgan fingerprint density at radius 1 is 1.04 bits per heavy atom. The van der Waals surface area contributed by atoms with E-state index >= 15 is 0 Å². The molecule has 2 aliphatic heterocycles. The largest absolute Gasteiger partial charge is 0.486 e. The van der Waals surface area contributed by atoms with Gasteiger partial charge in [0, 0.05) is 29.7 Å². The average Bonchev–Trinajstić information content (AvgIpc) is 3.14. The average molecular weight is 435 g/mol. The molecule has 4 rings (SSSR count). The van der Waals surface area contributed by atoms with Gasteiger partial charge < -0.3 is 29.2 Å². The Labute approximate surface area is 165 Å². The molecular weight excluding hydrogens is 416 g/mol. The van der Waals surface area contributed by atoms with Crippen LogP contribution in [-0.4, -0.2) is 37.5 Å². The zero-order valence-corrected chi connectivity index (χ0v) is 16.4. The Bertz CT molecular complexity index is 873. The second kappa shape index (κ2) is 7.56. The van der Waals surface area contributed by atoms with E-state index in [1.807, 2.05) is 25.1 Å². The van der Waals surface area contributed by atoms with E-state index in [1.165, 1.54) is 0 Å². The van der Waals surface area contributed by atoms with Crippen molar-refractivity contribution in [3.8, 4) is 23.0 Å². The van der Waals surface area contributed by atoms with Crippen LogP contribution < -0.4 is 24.3 Å². The van der Waals surface area contributed by atoms with Crippen molar-refractivity contribution in [2.24, 2.45) is 0 Å². The molecule has 0 saturated heterocycles. The summed E-state index contributed by atoms with van der Waals surface area (Å²) in [6.45, 7) is 4.20. The number of hydrogen-bond donors (Lipinski definition) is 1. The number of halogens is 1. The number of urea groups is 1. The number of nitrogens with zero attached hydrogens (tertiary/aromatic N) is 1. The predicted octanol–water partition coefficient (Wildman–Crippen LogP) is 4.00. The second-order valence-corrected chi connectivity index (χ2v) is 6.96. The van der Waals surface area contributed by atoms with E-state index in [0.717, 1.165) is 15.8 Å². The number of hydrogen-bond acceptors (Lipinski definition) is 5. The van der Waals surface area contributed by atoms with Gasteiger partial charge in [-0.3, -0.25) is 0 Å². The first kappa shape index (κ1) is 17.8. The summed E-state index contributed by atoms with van der Waals surface area (Å²) >= 11 is 3.48. The monoisotopic (exact) mass is 434 g/mol. The van der Waals surface area contributed by atoms with E-state index in [-0.39, 0.29) is 12.8 Å². The highest BCUT2D eigenvalue weighted by atomic mass is 79.9. The van der Waals surface area contributed by atoms with E-state index in [0.29, 0.717) is 49.2 Å². The van der Waals surface area contributed by atoms with Gasteiger partial charge in [-0.1, -0.05) is 6.07 Å². The molecule has 2 aromatic carbocycles. The first-order valence-corrected chi connectivity index (χ1v) is 9.47. The normalized spacial score (nSPS) is 14.0. The van der Waals surface area contributed by atoms with Crippen LogP contribution in [0, 0.1) is 0 Å². The van der Waals surface area contributed by atoms with Crippen molar-refractivity contribution in [3.05, 3.63) is 40.4 Å². The summed E-state index contributed by atoms with van der Waals surface area (Å²) in [5, 5.41) is 2.93. The molecule has 2 amide bonds. The van der Waals surface area contributed by atoms with Crippen molar-refractivity contribution in [1.29, 1.82) is 0 Å². The van der Waals surface area contributed by atoms with Gasteiger partial charge in [0.2, 0.25) is 6.79 Å². The minimum absolute atomic E-state index is 0.201. The SMILES string of the molecule is CCN(Cc1ccc2c(c1)OCO2)C(=O)Nc1cc2c(cc1Br)OCCO2. The Balaban J connectivity index is 1.47. The van der Waals surface area contributed by atoms with E-state index in [1.54, 1.807) is 17.0 Å². The third kappa shape index (κ3) is 3.75. The molecule has 0 saturated carbocycles. The highest BCUT2D eigenvalue weighted by Gasteiger charge is 2.20. The molecule has 2 aliphatic rings. The molecule has 0 aliphatic carbocycles. The maximum Gasteiger partial charge on any atom is 0.322 e. The molecule has 0 atom stereocenters. The minimum atomic E-state index is -0.201. The van der Waals surface area contributed by atoms with Gasteiger partial charge in [0.05, 0.1) is 5.69 Å². The number of ether oxygens (including phenoxy) is 4. The lowest BCUT2D eigenvalue weighted by Crippen LogP contribution is -2.34. The summed E-state index contributed by atoms with van der Waals surface area (Å²) < 4.78 is 22.6. The molecule has 0 bridgehead atoms. The van der Waals surface area contributed by atoms with Crippen LogP contribution in [0.5, 0.6) is 23.0 Å². The van der Waals surface area contributed by atoms with Gasteiger partial charge in [-0.2, -0.15) is 0 Å². The van der Waals surface area contributed by atoms with Crippen LogP contribution in [0.15, 0.2) is 34.8 Å². The number of amides is 2. The third-order valence-corrected chi connectivity index (χ3v) is 5.01. The van der Waals surface area contributed by atoms with Crippen molar-refractivity contribution in [2.75, 3.05) is 31.9 Å². The lowest BCUT2D eigenvalue weighted by Gasteiger charge is -2.23. The summed E-state index contributed by atoms with van der Waals surface area (Å²) in [4.78, 5) is 14.5. The molecule has 0 aromatic heterocycles. The van der Waals surface area contributed by atoms with Gasteiger partial charge in [-0.25, -0.2) is 4.79 Å². The second-order valence-electron chi connectivity index (χ2n) is 6.11. The van der Waals surface area contributed by atoms with Crippen molar-refractivity contribution in [3.63, 3.8) is 0 Å². The fraction of sp³-hybridized carbons (Fsp3) is 0.316. The Morgan fingerprint density at radius 3 is 2.52 bits per heavy atom. The van der Waals surface area contributed by atoms with Gasteiger partial charge in [0.15, 0.2) is 23.0 Å². The fourth-order valence-corrected chi connectivity index (χ4v) is 3.36. The van der Waals surface area contributed by atoms with Crippen LogP contribution >= 0.6 is 15.9 Å². The minimum Gasteiger partial charge on any atom is -0.486 e. The summed E-state index contributed by atoms with van der Waals surface area (Å²) in [7, 11) is 0. The quantitative estimate of drug-likeness (QED) is 0.787. The molecule has 1 N–H and O–H groups in total. The number of anilines is 1. The van der Waals surface area contributed by atoms with Crippen LogP contribution in [-0.2, 0) is 6.54 Å². The number of carbonyl (C=O) groups is 1. The molecule has 2 aromatic rings. The Morgan fingerprint density at radius 2 is 1.74 bits per heavy atom. The van der Waals surface area contributed by atoms with E-state index in [2.05, 4.69) is 21.2 Å². The van der Waals surface area contributed by atoms with Gasteiger partial charge in [-0.05, 0) is 40.5 Å². The van der Waals surface area contributed by atoms with E-state index < -0.39 is 0 Å². The van der Waals surface area contributed by atoms with Crippen LogP contribution in [0.2, 0.25) is 0 Å². The number of nitrogens with one attached hydrogen (secondary N) is 1. The molecule has 0 spiro atoms. The molecular formula is C19H19BrN2O5. The summed E-state index contributed by atoms with van der Waals surface area (Å²) in [5.74, 6) is 2.72. The first-order valence-electron chi connectivity index (χ1n) is 8.67. The van der Waals surface area contributed by atoms with Crippen LogP contribution in [0.3, 0.4) is 0 Å². The van der Waals surface area contributed by atoms with E-state index in [4.69, 9.17) is 18.9 Å². The lowest BCUT2D eigenvalue weighted by molar-refractivity contribution is 0.171. The van der Waals surface area contributed by atoms with Gasteiger partial charge >= 0.3 is 6.03 Å². The van der Waals surface area contributed by atoms with Crippen molar-refractivity contribution in [1.82, 2.24) is 4.90 Å². The van der Waals surface area contributed by atoms with Crippen LogP contribution in [0.25, 0.3) is 0 Å². The molecule has 0 fully saturated rings. The fourth-order valence-electron chi connectivity index (χ4n) is 2.94. The summed E-state index contributed by atoms with van der Waals surface area (Å²) in [6, 6.07) is 9.07. The van der Waals surface area contributed by atoms with Gasteiger partial charge in [-0.15, -0.1) is 0 Å². The van der Waals surface area contributed by atoms with Gasteiger partial charge in [0.25, 0.3) is 0 Å². The smallest absolute Gasteiger partial charge is 0.322 e. The molecule has 8 heteroatoms. The molecule has 7 nitrogen and oxygen atoms in total. The number of rotatable bonds is 4. The van der Waals surface area contributed by atoms with Gasteiger partial charge in [0.1, 0.15) is 13.2 Å². The Hall–Kier alpha value is -2.61. The highest BCUT2D eigenvalue weighted by Crippen LogP contribution is 2.38. The predicted molar refractivity (Wildman–Crippen MR) is 103 cm³/mol. The summed E-state index contributed by atoms with van der Waals surface area (Å²) in [6.07, 6.45) is 0. The lowest BCUT2D eigenvalue weighted by atomic mass is 10.2. The number of benzene rings is 2. The maximum atomic E-state index is 12.8. The molecule has 0 radical (unpaired) electrons. The van der Waals surface area contributed by atoms with Crippen molar-refractivity contribution in [2.45, 2.75) is 13.5 Å². The van der Waals surface area contributed by atoms with Crippen LogP contribution in [0.4, 0.5) is 10.5 Å². The standard InChI is InChI=1S/C19H19BrN2O5/c1-2-22(10-12-3-4-15-16(7-12)27-11-26-15)19(23)21-14-9-18-17(8-13(14)20)24-5-6-25-18/h3-4,7-9H,2,5-6,10-11H2,1H3,(H,21,23). The topological polar surface area (TPSA) is 69.3 Å². The molecule has 142 valence electrons.